The predicted molar refractivity (Wildman–Crippen MR) is 112 cm³/mol. The van der Waals surface area contributed by atoms with E-state index in [0.29, 0.717) is 11.8 Å². The fraction of sp³-hybridized carbons (Fsp3) is 0.250. The first-order valence-corrected chi connectivity index (χ1v) is 9.92. The molecule has 0 amide bonds. The van der Waals surface area contributed by atoms with E-state index in [2.05, 4.69) is 95.4 Å². The van der Waals surface area contributed by atoms with Crippen molar-refractivity contribution in [3.05, 3.63) is 84.8 Å². The molecule has 2 aliphatic heterocycles. The number of hydrogen-bond donors (Lipinski definition) is 0. The van der Waals surface area contributed by atoms with Gasteiger partial charge in [0.05, 0.1) is 6.20 Å². The highest BCUT2D eigenvalue weighted by atomic mass is 15.5. The van der Waals surface area contributed by atoms with Crippen LogP contribution in [0.2, 0.25) is 0 Å². The quantitative estimate of drug-likeness (QED) is 0.540. The summed E-state index contributed by atoms with van der Waals surface area (Å²) in [5, 5.41) is 0. The van der Waals surface area contributed by atoms with Crippen molar-refractivity contribution in [3.8, 4) is 0 Å². The van der Waals surface area contributed by atoms with Gasteiger partial charge in [-0.1, -0.05) is 62.4 Å². The summed E-state index contributed by atoms with van der Waals surface area (Å²) in [6, 6.07) is 19.4. The molecule has 138 valence electrons. The molecule has 28 heavy (non-hydrogen) atoms. The van der Waals surface area contributed by atoms with Crippen LogP contribution >= 0.6 is 0 Å². The molecule has 4 atom stereocenters. The van der Waals surface area contributed by atoms with Crippen LogP contribution in [0.3, 0.4) is 0 Å². The lowest BCUT2D eigenvalue weighted by molar-refractivity contribution is 0.198. The molecule has 0 bridgehead atoms. The summed E-state index contributed by atoms with van der Waals surface area (Å²) in [4.78, 5) is 14.0. The van der Waals surface area contributed by atoms with Crippen molar-refractivity contribution in [1.82, 2.24) is 9.97 Å². The van der Waals surface area contributed by atoms with Crippen LogP contribution in [0.25, 0.3) is 0 Å². The molecule has 0 saturated carbocycles. The standard InChI is InChI=1S/C24H22N4/c1-16-18-10-6-7-11-20(18)28-22-21(14-25-15-26-22)27(17-8-4-3-5-9-17)23(28)24(2)13-12-19(16)24/h3-16,19,23H,1-2H3. The predicted octanol–water partition coefficient (Wildman–Crippen LogP) is 5.40. The van der Waals surface area contributed by atoms with Crippen LogP contribution in [0.4, 0.5) is 22.9 Å². The normalized spacial score (nSPS) is 29.3. The highest BCUT2D eigenvalue weighted by Gasteiger charge is 2.57. The van der Waals surface area contributed by atoms with Crippen LogP contribution in [0.1, 0.15) is 25.3 Å². The fourth-order valence-corrected chi connectivity index (χ4v) is 5.47. The first-order chi connectivity index (χ1) is 13.7. The monoisotopic (exact) mass is 366 g/mol. The van der Waals surface area contributed by atoms with Gasteiger partial charge in [0, 0.05) is 16.8 Å². The van der Waals surface area contributed by atoms with E-state index in [1.165, 1.54) is 16.9 Å². The molecule has 4 unspecified atom stereocenters. The SMILES string of the molecule is CC1c2ccccc2N2c3ncncc3N(c3ccccc3)C2C2(C)C=CC12. The fourth-order valence-electron chi connectivity index (χ4n) is 5.47. The third kappa shape index (κ3) is 1.85. The Hall–Kier alpha value is -3.14. The average Bonchev–Trinajstić information content (AvgIpc) is 3.06. The third-order valence-corrected chi connectivity index (χ3v) is 6.85. The van der Waals surface area contributed by atoms with Gasteiger partial charge in [0.15, 0.2) is 5.82 Å². The maximum absolute atomic E-state index is 4.75. The Bertz CT molecular complexity index is 1090. The third-order valence-electron chi connectivity index (χ3n) is 6.85. The van der Waals surface area contributed by atoms with Gasteiger partial charge in [-0.05, 0) is 35.6 Å². The van der Waals surface area contributed by atoms with Gasteiger partial charge in [0.25, 0.3) is 0 Å². The minimum Gasteiger partial charge on any atom is -0.315 e. The molecule has 2 aromatic carbocycles. The first kappa shape index (κ1) is 15.9. The van der Waals surface area contributed by atoms with E-state index in [1.54, 1.807) is 6.33 Å². The number of aromatic nitrogens is 2. The molecule has 3 heterocycles. The summed E-state index contributed by atoms with van der Waals surface area (Å²) in [6.07, 6.45) is 8.53. The van der Waals surface area contributed by atoms with Gasteiger partial charge in [-0.3, -0.25) is 0 Å². The second-order valence-corrected chi connectivity index (χ2v) is 8.28. The molecular formula is C24H22N4. The number of nitrogens with zero attached hydrogens (tertiary/aromatic N) is 4. The van der Waals surface area contributed by atoms with E-state index >= 15 is 0 Å². The molecule has 4 heteroatoms. The van der Waals surface area contributed by atoms with Crippen molar-refractivity contribution < 1.29 is 0 Å². The second-order valence-electron chi connectivity index (χ2n) is 8.28. The number of fused-ring (bicyclic) bond motifs is 7. The van der Waals surface area contributed by atoms with Crippen LogP contribution in [0.5, 0.6) is 0 Å². The number of para-hydroxylation sites is 2. The molecular weight excluding hydrogens is 344 g/mol. The molecule has 1 aromatic heterocycles. The average molecular weight is 366 g/mol. The molecule has 3 aliphatic rings. The lowest BCUT2D eigenvalue weighted by atomic mass is 9.61. The molecule has 3 aromatic rings. The van der Waals surface area contributed by atoms with E-state index in [-0.39, 0.29) is 11.6 Å². The summed E-state index contributed by atoms with van der Waals surface area (Å²) >= 11 is 0. The van der Waals surface area contributed by atoms with Crippen LogP contribution in [0.15, 0.2) is 79.3 Å². The molecule has 4 nitrogen and oxygen atoms in total. The van der Waals surface area contributed by atoms with Crippen molar-refractivity contribution in [3.63, 3.8) is 0 Å². The van der Waals surface area contributed by atoms with E-state index in [1.807, 2.05) is 6.20 Å². The lowest BCUT2D eigenvalue weighted by Gasteiger charge is -2.50. The molecule has 0 spiro atoms. The van der Waals surface area contributed by atoms with Crippen LogP contribution in [-0.2, 0) is 0 Å². The number of rotatable bonds is 1. The van der Waals surface area contributed by atoms with Crippen LogP contribution < -0.4 is 9.80 Å². The summed E-state index contributed by atoms with van der Waals surface area (Å²) in [7, 11) is 0. The smallest absolute Gasteiger partial charge is 0.162 e. The first-order valence-electron chi connectivity index (χ1n) is 9.92. The van der Waals surface area contributed by atoms with Gasteiger partial charge in [-0.2, -0.15) is 0 Å². The largest absolute Gasteiger partial charge is 0.315 e. The Balaban J connectivity index is 1.67. The van der Waals surface area contributed by atoms with Gasteiger partial charge in [-0.25, -0.2) is 9.97 Å². The van der Waals surface area contributed by atoms with Crippen molar-refractivity contribution >= 4 is 22.9 Å². The summed E-state index contributed by atoms with van der Waals surface area (Å²) < 4.78 is 0. The van der Waals surface area contributed by atoms with E-state index in [0.717, 1.165) is 11.5 Å². The molecule has 0 fully saturated rings. The van der Waals surface area contributed by atoms with Crippen LogP contribution in [-0.4, -0.2) is 16.1 Å². The zero-order valence-electron chi connectivity index (χ0n) is 16.0. The Kier molecular flexibility index (Phi) is 3.09. The van der Waals surface area contributed by atoms with Crippen molar-refractivity contribution in [2.24, 2.45) is 11.3 Å². The minimum atomic E-state index is 0.00891. The van der Waals surface area contributed by atoms with Crippen molar-refractivity contribution in [1.29, 1.82) is 0 Å². The summed E-state index contributed by atoms with van der Waals surface area (Å²) in [6.45, 7) is 4.76. The zero-order valence-corrected chi connectivity index (χ0v) is 16.0. The second kappa shape index (κ2) is 5.44. The number of hydrogen-bond acceptors (Lipinski definition) is 4. The number of allylic oxidation sites excluding steroid dienone is 1. The summed E-state index contributed by atoms with van der Waals surface area (Å²) in [5.41, 5.74) is 4.91. The van der Waals surface area contributed by atoms with Gasteiger partial charge < -0.3 is 9.80 Å². The Morgan fingerprint density at radius 2 is 1.71 bits per heavy atom. The topological polar surface area (TPSA) is 32.3 Å². The van der Waals surface area contributed by atoms with Crippen molar-refractivity contribution in [2.45, 2.75) is 25.9 Å². The lowest BCUT2D eigenvalue weighted by Crippen LogP contribution is -2.54. The minimum absolute atomic E-state index is 0.00891. The highest BCUT2D eigenvalue weighted by molar-refractivity contribution is 5.87. The van der Waals surface area contributed by atoms with Gasteiger partial charge in [0.1, 0.15) is 18.2 Å². The summed E-state index contributed by atoms with van der Waals surface area (Å²) in [5.74, 6) is 1.93. The molecule has 0 N–H and O–H groups in total. The maximum Gasteiger partial charge on any atom is 0.162 e. The van der Waals surface area contributed by atoms with Crippen LogP contribution in [0, 0.1) is 11.3 Å². The molecule has 0 radical (unpaired) electrons. The maximum atomic E-state index is 4.75. The van der Waals surface area contributed by atoms with E-state index in [9.17, 15) is 0 Å². The molecule has 6 rings (SSSR count). The van der Waals surface area contributed by atoms with E-state index < -0.39 is 0 Å². The molecule has 1 aliphatic carbocycles. The van der Waals surface area contributed by atoms with Gasteiger partial charge >= 0.3 is 0 Å². The van der Waals surface area contributed by atoms with Crippen molar-refractivity contribution in [2.75, 3.05) is 9.80 Å². The Morgan fingerprint density at radius 3 is 2.50 bits per heavy atom. The number of benzene rings is 2. The van der Waals surface area contributed by atoms with E-state index in [4.69, 9.17) is 4.98 Å². The van der Waals surface area contributed by atoms with Gasteiger partial charge in [0.2, 0.25) is 0 Å². The zero-order chi connectivity index (χ0) is 18.9. The number of anilines is 4. The van der Waals surface area contributed by atoms with Gasteiger partial charge in [-0.15, -0.1) is 0 Å². The Morgan fingerprint density at radius 1 is 0.929 bits per heavy atom. The Labute approximate surface area is 165 Å². The highest BCUT2D eigenvalue weighted by Crippen LogP contribution is 2.62. The molecule has 0 saturated heterocycles.